The Morgan fingerprint density at radius 1 is 0.915 bits per heavy atom. The zero-order chi connectivity index (χ0) is 35.0. The number of hydrogen-bond acceptors (Lipinski definition) is 9. The Morgan fingerprint density at radius 2 is 1.49 bits per heavy atom. The SMILES string of the molecule is COC(=O)N1Cc2nnc(-c3ccc(OC)cc3)n2C2(CCN(Cc3cccnc3)CC2)C1.O=C(O)C(F)(F)F.O=C(O)C(F)(F)F. The van der Waals surface area contributed by atoms with Crippen LogP contribution in [0.15, 0.2) is 48.8 Å². The van der Waals surface area contributed by atoms with E-state index in [4.69, 9.17) is 29.3 Å². The number of ether oxygens (including phenoxy) is 2. The number of carbonyl (C=O) groups is 3. The molecule has 0 atom stereocenters. The molecule has 0 unspecified atom stereocenters. The summed E-state index contributed by atoms with van der Waals surface area (Å²) in [6, 6.07) is 12.0. The van der Waals surface area contributed by atoms with E-state index in [0.29, 0.717) is 13.1 Å². The first kappa shape index (κ1) is 36.5. The molecule has 1 fully saturated rings. The monoisotopic (exact) mass is 676 g/mol. The fourth-order valence-electron chi connectivity index (χ4n) is 5.01. The number of piperidine rings is 1. The van der Waals surface area contributed by atoms with Crippen LogP contribution >= 0.6 is 0 Å². The molecule has 5 rings (SSSR count). The minimum absolute atomic E-state index is 0.286. The molecule has 1 amide bonds. The van der Waals surface area contributed by atoms with Gasteiger partial charge in [0, 0.05) is 44.1 Å². The minimum atomic E-state index is -5.08. The van der Waals surface area contributed by atoms with Crippen molar-refractivity contribution in [2.45, 2.75) is 43.8 Å². The Morgan fingerprint density at radius 3 is 1.96 bits per heavy atom. The van der Waals surface area contributed by atoms with E-state index in [0.717, 1.165) is 55.4 Å². The molecule has 0 aliphatic carbocycles. The first-order valence-electron chi connectivity index (χ1n) is 13.6. The van der Waals surface area contributed by atoms with Gasteiger partial charge < -0.3 is 24.3 Å². The lowest BCUT2D eigenvalue weighted by Gasteiger charge is -2.48. The van der Waals surface area contributed by atoms with E-state index in [1.807, 2.05) is 36.5 Å². The Hall–Kier alpha value is -4.94. The fraction of sp³-hybridized carbons (Fsp3) is 0.429. The number of amides is 1. The highest BCUT2D eigenvalue weighted by Crippen LogP contribution is 2.40. The number of aromatic nitrogens is 4. The molecule has 1 spiro atoms. The molecule has 2 aliphatic heterocycles. The molecule has 0 saturated carbocycles. The van der Waals surface area contributed by atoms with Gasteiger partial charge in [0.25, 0.3) is 0 Å². The number of rotatable bonds is 4. The highest BCUT2D eigenvalue weighted by Gasteiger charge is 2.46. The third kappa shape index (κ3) is 9.53. The number of carboxylic acids is 2. The lowest BCUT2D eigenvalue weighted by Crippen LogP contribution is -2.57. The lowest BCUT2D eigenvalue weighted by atomic mass is 9.84. The normalized spacial score (nSPS) is 15.7. The van der Waals surface area contributed by atoms with Gasteiger partial charge in [-0.2, -0.15) is 26.3 Å². The topological polar surface area (TPSA) is 160 Å². The molecule has 1 aromatic carbocycles. The van der Waals surface area contributed by atoms with Gasteiger partial charge in [0.05, 0.1) is 26.3 Å². The molecule has 13 nitrogen and oxygen atoms in total. The van der Waals surface area contributed by atoms with Crippen molar-refractivity contribution < 1.29 is 60.4 Å². The number of likely N-dealkylation sites (tertiary alicyclic amines) is 1. The van der Waals surface area contributed by atoms with Crippen molar-refractivity contribution in [1.82, 2.24) is 29.5 Å². The zero-order valence-corrected chi connectivity index (χ0v) is 25.0. The van der Waals surface area contributed by atoms with Gasteiger partial charge in [0.15, 0.2) is 11.6 Å². The number of pyridine rings is 1. The van der Waals surface area contributed by atoms with Gasteiger partial charge in [-0.05, 0) is 48.7 Å². The summed E-state index contributed by atoms with van der Waals surface area (Å²) < 4.78 is 76.1. The number of benzene rings is 1. The summed E-state index contributed by atoms with van der Waals surface area (Å²) in [5.74, 6) is -3.09. The van der Waals surface area contributed by atoms with Crippen molar-refractivity contribution in [2.75, 3.05) is 33.9 Å². The molecule has 0 radical (unpaired) electrons. The van der Waals surface area contributed by atoms with Gasteiger partial charge in [-0.25, -0.2) is 14.4 Å². The van der Waals surface area contributed by atoms with Crippen LogP contribution in [0, 0.1) is 0 Å². The molecule has 256 valence electrons. The van der Waals surface area contributed by atoms with Crippen LogP contribution in [0.3, 0.4) is 0 Å². The summed E-state index contributed by atoms with van der Waals surface area (Å²) in [5.41, 5.74) is 1.90. The van der Waals surface area contributed by atoms with Crippen molar-refractivity contribution in [1.29, 1.82) is 0 Å². The number of carbonyl (C=O) groups excluding carboxylic acids is 1. The highest BCUT2D eigenvalue weighted by atomic mass is 19.4. The van der Waals surface area contributed by atoms with Gasteiger partial charge in [-0.15, -0.1) is 10.2 Å². The lowest BCUT2D eigenvalue weighted by molar-refractivity contribution is -0.193. The largest absolute Gasteiger partial charge is 0.497 e. The molecule has 47 heavy (non-hydrogen) atoms. The summed E-state index contributed by atoms with van der Waals surface area (Å²) >= 11 is 0. The molecule has 2 aliphatic rings. The van der Waals surface area contributed by atoms with Crippen molar-refractivity contribution in [3.05, 3.63) is 60.2 Å². The van der Waals surface area contributed by atoms with Crippen LogP contribution in [0.5, 0.6) is 5.75 Å². The molecule has 3 aromatic rings. The molecule has 1 saturated heterocycles. The number of halogens is 6. The standard InChI is InChI=1S/C24H28N6O3.2C2HF3O2/c1-32-20-7-5-19(6-8-20)22-27-26-21-16-29(23(31)33-2)17-24(30(21)22)9-12-28(13-10-24)15-18-4-3-11-25-14-18;2*3-2(4,5)1(6)7/h3-8,11,14H,9-10,12-13,15-17H2,1-2H3;2*(H,6,7). The van der Waals surface area contributed by atoms with Gasteiger partial charge in [0.1, 0.15) is 5.75 Å². The quantitative estimate of drug-likeness (QED) is 0.382. The molecular formula is C28H30F6N6O7. The predicted molar refractivity (Wildman–Crippen MR) is 149 cm³/mol. The number of nitrogens with zero attached hydrogens (tertiary/aromatic N) is 6. The fourth-order valence-corrected chi connectivity index (χ4v) is 5.01. The Labute approximate surface area is 263 Å². The van der Waals surface area contributed by atoms with E-state index < -0.39 is 24.3 Å². The van der Waals surface area contributed by atoms with Crippen molar-refractivity contribution in [3.63, 3.8) is 0 Å². The molecule has 0 bridgehead atoms. The average Bonchev–Trinajstić information content (AvgIpc) is 3.47. The molecular weight excluding hydrogens is 646 g/mol. The Balaban J connectivity index is 0.000000360. The summed E-state index contributed by atoms with van der Waals surface area (Å²) in [7, 11) is 3.08. The molecule has 19 heteroatoms. The second kappa shape index (κ2) is 15.1. The van der Waals surface area contributed by atoms with Crippen LogP contribution in [0.1, 0.15) is 24.2 Å². The maximum atomic E-state index is 12.5. The van der Waals surface area contributed by atoms with E-state index in [1.54, 1.807) is 18.2 Å². The number of alkyl halides is 6. The average molecular weight is 677 g/mol. The number of aliphatic carboxylic acids is 2. The Bertz CT molecular complexity index is 1480. The van der Waals surface area contributed by atoms with Crippen LogP contribution in [0.4, 0.5) is 31.1 Å². The molecule has 4 heterocycles. The van der Waals surface area contributed by atoms with Crippen LogP contribution in [0.25, 0.3) is 11.4 Å². The van der Waals surface area contributed by atoms with E-state index in [1.165, 1.54) is 12.7 Å². The maximum absolute atomic E-state index is 12.5. The Kier molecular flexibility index (Phi) is 11.7. The van der Waals surface area contributed by atoms with Gasteiger partial charge in [-0.1, -0.05) is 6.07 Å². The molecule has 2 aromatic heterocycles. The zero-order valence-electron chi connectivity index (χ0n) is 25.0. The number of hydrogen-bond donors (Lipinski definition) is 2. The van der Waals surface area contributed by atoms with Crippen molar-refractivity contribution in [2.24, 2.45) is 0 Å². The summed E-state index contributed by atoms with van der Waals surface area (Å²) in [6.07, 6.45) is -5.01. The smallest absolute Gasteiger partial charge is 0.490 e. The van der Waals surface area contributed by atoms with Gasteiger partial charge in [-0.3, -0.25) is 14.8 Å². The predicted octanol–water partition coefficient (Wildman–Crippen LogP) is 4.19. The van der Waals surface area contributed by atoms with Gasteiger partial charge >= 0.3 is 30.4 Å². The first-order valence-corrected chi connectivity index (χ1v) is 13.6. The van der Waals surface area contributed by atoms with Crippen LogP contribution in [-0.2, 0) is 33.0 Å². The third-order valence-electron chi connectivity index (χ3n) is 7.20. The highest BCUT2D eigenvalue weighted by molar-refractivity contribution is 5.73. The second-order valence-corrected chi connectivity index (χ2v) is 10.3. The van der Waals surface area contributed by atoms with Crippen LogP contribution in [0.2, 0.25) is 0 Å². The van der Waals surface area contributed by atoms with Crippen LogP contribution in [-0.4, -0.2) is 104 Å². The maximum Gasteiger partial charge on any atom is 0.490 e. The number of methoxy groups -OCH3 is 2. The number of fused-ring (bicyclic) bond motifs is 2. The van der Waals surface area contributed by atoms with Crippen LogP contribution < -0.4 is 4.74 Å². The first-order chi connectivity index (χ1) is 22.0. The van der Waals surface area contributed by atoms with Crippen molar-refractivity contribution >= 4 is 18.0 Å². The number of carboxylic acid groups (broad SMARTS) is 2. The van der Waals surface area contributed by atoms with E-state index in [-0.39, 0.29) is 11.6 Å². The van der Waals surface area contributed by atoms with E-state index in [2.05, 4.69) is 30.7 Å². The second-order valence-electron chi connectivity index (χ2n) is 10.3. The molecule has 2 N–H and O–H groups in total. The van der Waals surface area contributed by atoms with Crippen molar-refractivity contribution in [3.8, 4) is 17.1 Å². The van der Waals surface area contributed by atoms with Gasteiger partial charge in [0.2, 0.25) is 0 Å². The summed E-state index contributed by atoms with van der Waals surface area (Å²) in [5, 5.41) is 23.3. The van der Waals surface area contributed by atoms with E-state index in [9.17, 15) is 31.1 Å². The summed E-state index contributed by atoms with van der Waals surface area (Å²) in [6.45, 7) is 3.64. The summed E-state index contributed by atoms with van der Waals surface area (Å²) in [4.78, 5) is 38.7. The third-order valence-corrected chi connectivity index (χ3v) is 7.20. The minimum Gasteiger partial charge on any atom is -0.497 e. The van der Waals surface area contributed by atoms with E-state index >= 15 is 0 Å².